The number of hydrogen-bond acceptors (Lipinski definition) is 3. The number of carbonyl (C=O) groups excluding carboxylic acids is 1. The van der Waals surface area contributed by atoms with Gasteiger partial charge in [0.2, 0.25) is 0 Å². The highest BCUT2D eigenvalue weighted by atomic mass is 16.5. The first-order chi connectivity index (χ1) is 14.8. The fourth-order valence-corrected chi connectivity index (χ4v) is 3.50. The minimum absolute atomic E-state index is 0.147. The van der Waals surface area contributed by atoms with E-state index in [1.807, 2.05) is 54.6 Å². The predicted octanol–water partition coefficient (Wildman–Crippen LogP) is 2.93. The summed E-state index contributed by atoms with van der Waals surface area (Å²) >= 11 is 0. The highest BCUT2D eigenvalue weighted by Gasteiger charge is 2.14. The molecule has 2 N–H and O–H groups in total. The van der Waals surface area contributed by atoms with Crippen LogP contribution in [0.25, 0.3) is 0 Å². The van der Waals surface area contributed by atoms with Gasteiger partial charge in [-0.3, -0.25) is 4.79 Å². The minimum Gasteiger partial charge on any atom is -0.489 e. The molecule has 3 aromatic rings. The van der Waals surface area contributed by atoms with Gasteiger partial charge in [0.15, 0.2) is 0 Å². The van der Waals surface area contributed by atoms with Crippen molar-refractivity contribution in [2.75, 3.05) is 31.6 Å². The summed E-state index contributed by atoms with van der Waals surface area (Å²) in [5.41, 5.74) is 3.71. The SMILES string of the molecule is O=C(Nc1ccc(C[NH+]2CCOCC2)cc1)c1cccc(OCc2ccccc2)c1. The molecule has 0 unspecified atom stereocenters. The number of hydrogen-bond donors (Lipinski definition) is 2. The van der Waals surface area contributed by atoms with Crippen LogP contribution in [0.1, 0.15) is 21.5 Å². The van der Waals surface area contributed by atoms with E-state index in [1.54, 1.807) is 12.1 Å². The Labute approximate surface area is 177 Å². The molecule has 0 spiro atoms. The molecule has 0 bridgehead atoms. The van der Waals surface area contributed by atoms with Crippen LogP contribution in [-0.4, -0.2) is 32.2 Å². The molecule has 3 aromatic carbocycles. The third kappa shape index (κ3) is 5.69. The summed E-state index contributed by atoms with van der Waals surface area (Å²) in [6.45, 7) is 5.20. The Morgan fingerprint density at radius 3 is 2.43 bits per heavy atom. The van der Waals surface area contributed by atoms with E-state index in [4.69, 9.17) is 9.47 Å². The molecule has 30 heavy (non-hydrogen) atoms. The van der Waals surface area contributed by atoms with Gasteiger partial charge in [-0.1, -0.05) is 48.5 Å². The average Bonchev–Trinajstić information content (AvgIpc) is 2.80. The normalized spacial score (nSPS) is 14.3. The van der Waals surface area contributed by atoms with Crippen LogP contribution in [0.2, 0.25) is 0 Å². The number of ether oxygens (including phenoxy) is 2. The molecule has 1 fully saturated rings. The van der Waals surface area contributed by atoms with Crippen LogP contribution >= 0.6 is 0 Å². The van der Waals surface area contributed by atoms with Gasteiger partial charge < -0.3 is 19.7 Å². The first kappa shape index (κ1) is 20.1. The van der Waals surface area contributed by atoms with E-state index in [-0.39, 0.29) is 5.91 Å². The van der Waals surface area contributed by atoms with Crippen LogP contribution in [0.4, 0.5) is 5.69 Å². The molecule has 5 heteroatoms. The van der Waals surface area contributed by atoms with Crippen molar-refractivity contribution in [2.45, 2.75) is 13.2 Å². The summed E-state index contributed by atoms with van der Waals surface area (Å²) in [7, 11) is 0. The van der Waals surface area contributed by atoms with Gasteiger partial charge in [-0.25, -0.2) is 0 Å². The first-order valence-electron chi connectivity index (χ1n) is 10.3. The van der Waals surface area contributed by atoms with Crippen LogP contribution < -0.4 is 15.0 Å². The Balaban J connectivity index is 1.33. The molecule has 0 radical (unpaired) electrons. The molecule has 1 aliphatic rings. The molecule has 5 nitrogen and oxygen atoms in total. The van der Waals surface area contributed by atoms with E-state index in [0.717, 1.165) is 44.1 Å². The zero-order valence-electron chi connectivity index (χ0n) is 17.0. The molecule has 0 aromatic heterocycles. The molecule has 1 amide bonds. The van der Waals surface area contributed by atoms with E-state index in [0.29, 0.717) is 17.9 Å². The molecular formula is C25H27N2O3+. The van der Waals surface area contributed by atoms with Crippen LogP contribution in [0, 0.1) is 0 Å². The van der Waals surface area contributed by atoms with Crippen molar-refractivity contribution in [2.24, 2.45) is 0 Å². The molecule has 0 aliphatic carbocycles. The van der Waals surface area contributed by atoms with E-state index < -0.39 is 0 Å². The van der Waals surface area contributed by atoms with Crippen molar-refractivity contribution in [1.82, 2.24) is 0 Å². The second kappa shape index (κ2) is 10.1. The highest BCUT2D eigenvalue weighted by molar-refractivity contribution is 6.04. The number of quaternary nitrogens is 1. The van der Waals surface area contributed by atoms with Crippen molar-refractivity contribution in [3.8, 4) is 5.75 Å². The van der Waals surface area contributed by atoms with Gasteiger partial charge in [0.1, 0.15) is 32.0 Å². The monoisotopic (exact) mass is 403 g/mol. The fraction of sp³-hybridized carbons (Fsp3) is 0.240. The fourth-order valence-electron chi connectivity index (χ4n) is 3.50. The maximum atomic E-state index is 12.7. The summed E-state index contributed by atoms with van der Waals surface area (Å²) in [4.78, 5) is 14.2. The Morgan fingerprint density at radius 1 is 0.900 bits per heavy atom. The average molecular weight is 404 g/mol. The summed E-state index contributed by atoms with van der Waals surface area (Å²) < 4.78 is 11.2. The predicted molar refractivity (Wildman–Crippen MR) is 117 cm³/mol. The molecular weight excluding hydrogens is 376 g/mol. The highest BCUT2D eigenvalue weighted by Crippen LogP contribution is 2.17. The summed E-state index contributed by atoms with van der Waals surface area (Å²) in [6, 6.07) is 25.3. The molecule has 1 saturated heterocycles. The molecule has 1 heterocycles. The lowest BCUT2D eigenvalue weighted by atomic mass is 10.1. The number of nitrogens with one attached hydrogen (secondary N) is 2. The zero-order valence-corrected chi connectivity index (χ0v) is 17.0. The van der Waals surface area contributed by atoms with Gasteiger partial charge in [0, 0.05) is 16.8 Å². The van der Waals surface area contributed by atoms with Crippen molar-refractivity contribution in [3.05, 3.63) is 95.6 Å². The molecule has 1 aliphatic heterocycles. The molecule has 0 atom stereocenters. The van der Waals surface area contributed by atoms with Crippen molar-refractivity contribution in [1.29, 1.82) is 0 Å². The van der Waals surface area contributed by atoms with E-state index in [9.17, 15) is 4.79 Å². The maximum Gasteiger partial charge on any atom is 0.255 e. The van der Waals surface area contributed by atoms with Gasteiger partial charge in [-0.15, -0.1) is 0 Å². The summed E-state index contributed by atoms with van der Waals surface area (Å²) in [6.07, 6.45) is 0. The lowest BCUT2D eigenvalue weighted by Crippen LogP contribution is -3.12. The zero-order chi connectivity index (χ0) is 20.6. The second-order valence-corrected chi connectivity index (χ2v) is 7.49. The topological polar surface area (TPSA) is 52.0 Å². The minimum atomic E-state index is -0.147. The largest absolute Gasteiger partial charge is 0.489 e. The van der Waals surface area contributed by atoms with Crippen LogP contribution in [0.3, 0.4) is 0 Å². The Bertz CT molecular complexity index is 952. The quantitative estimate of drug-likeness (QED) is 0.638. The number of amides is 1. The van der Waals surface area contributed by atoms with E-state index in [2.05, 4.69) is 17.4 Å². The molecule has 154 valence electrons. The van der Waals surface area contributed by atoms with E-state index in [1.165, 1.54) is 10.5 Å². The van der Waals surface area contributed by atoms with Crippen molar-refractivity contribution in [3.63, 3.8) is 0 Å². The Kier molecular flexibility index (Phi) is 6.75. The third-order valence-corrected chi connectivity index (χ3v) is 5.21. The number of carbonyl (C=O) groups is 1. The van der Waals surface area contributed by atoms with Crippen molar-refractivity contribution < 1.29 is 19.2 Å². The lowest BCUT2D eigenvalue weighted by Gasteiger charge is -2.23. The molecule has 4 rings (SSSR count). The lowest BCUT2D eigenvalue weighted by molar-refractivity contribution is -0.921. The maximum absolute atomic E-state index is 12.7. The molecule has 0 saturated carbocycles. The van der Waals surface area contributed by atoms with Crippen LogP contribution in [-0.2, 0) is 17.9 Å². The summed E-state index contributed by atoms with van der Waals surface area (Å²) in [5.74, 6) is 0.530. The van der Waals surface area contributed by atoms with Crippen molar-refractivity contribution >= 4 is 11.6 Å². The van der Waals surface area contributed by atoms with Gasteiger partial charge in [-0.2, -0.15) is 0 Å². The van der Waals surface area contributed by atoms with E-state index >= 15 is 0 Å². The van der Waals surface area contributed by atoms with Gasteiger partial charge in [0.05, 0.1) is 13.2 Å². The number of anilines is 1. The van der Waals surface area contributed by atoms with Gasteiger partial charge >= 0.3 is 0 Å². The van der Waals surface area contributed by atoms with Crippen LogP contribution in [0.5, 0.6) is 5.75 Å². The van der Waals surface area contributed by atoms with Gasteiger partial charge in [0.25, 0.3) is 5.91 Å². The third-order valence-electron chi connectivity index (χ3n) is 5.21. The standard InChI is InChI=1S/C25H26N2O3/c28-25(22-7-4-8-24(17-22)30-19-21-5-2-1-3-6-21)26-23-11-9-20(10-12-23)18-27-13-15-29-16-14-27/h1-12,17H,13-16,18-19H2,(H,26,28)/p+1. The number of rotatable bonds is 7. The Morgan fingerprint density at radius 2 is 1.67 bits per heavy atom. The number of benzene rings is 3. The Hall–Kier alpha value is -3.15. The second-order valence-electron chi connectivity index (χ2n) is 7.49. The van der Waals surface area contributed by atoms with Gasteiger partial charge in [-0.05, 0) is 35.9 Å². The van der Waals surface area contributed by atoms with Crippen LogP contribution in [0.15, 0.2) is 78.9 Å². The first-order valence-corrected chi connectivity index (χ1v) is 10.3. The number of morpholine rings is 1. The smallest absolute Gasteiger partial charge is 0.255 e. The summed E-state index contributed by atoms with van der Waals surface area (Å²) in [5, 5.41) is 2.97.